The van der Waals surface area contributed by atoms with Crippen molar-refractivity contribution in [2.45, 2.75) is 49.2 Å². The first-order valence-corrected chi connectivity index (χ1v) is 10.8. The third-order valence-electron chi connectivity index (χ3n) is 4.54. The highest BCUT2D eigenvalue weighted by Crippen LogP contribution is 2.44. The number of hydrogen-bond acceptors (Lipinski definition) is 7. The van der Waals surface area contributed by atoms with E-state index in [1.54, 1.807) is 0 Å². The van der Waals surface area contributed by atoms with Crippen LogP contribution in [0.3, 0.4) is 0 Å². The van der Waals surface area contributed by atoms with Gasteiger partial charge in [0.25, 0.3) is 11.9 Å². The molecule has 1 aliphatic carbocycles. The number of nitrogens with zero attached hydrogens (tertiary/aromatic N) is 3. The molecule has 0 aliphatic heterocycles. The number of thioether (sulfide) groups is 1. The highest BCUT2D eigenvalue weighted by molar-refractivity contribution is 8.00. The highest BCUT2D eigenvalue weighted by Gasteiger charge is 2.24. The zero-order valence-electron chi connectivity index (χ0n) is 15.0. The van der Waals surface area contributed by atoms with Gasteiger partial charge in [0.15, 0.2) is 0 Å². The summed E-state index contributed by atoms with van der Waals surface area (Å²) in [6.07, 6.45) is 6.21. The van der Waals surface area contributed by atoms with Gasteiger partial charge in [0.2, 0.25) is 0 Å². The van der Waals surface area contributed by atoms with Crippen LogP contribution in [0.15, 0.2) is 23.1 Å². The minimum atomic E-state index is -0.200. The number of benzene rings is 1. The molecule has 4 rings (SSSR count). The summed E-state index contributed by atoms with van der Waals surface area (Å²) in [5.41, 5.74) is 0. The van der Waals surface area contributed by atoms with Crippen LogP contribution in [-0.4, -0.2) is 38.4 Å². The molecule has 1 amide bonds. The lowest BCUT2D eigenvalue weighted by molar-refractivity contribution is 0.102. The Labute approximate surface area is 165 Å². The van der Waals surface area contributed by atoms with Crippen molar-refractivity contribution in [1.29, 1.82) is 0 Å². The van der Waals surface area contributed by atoms with Crippen LogP contribution in [-0.2, 0) is 0 Å². The van der Waals surface area contributed by atoms with Crippen molar-refractivity contribution in [1.82, 2.24) is 20.6 Å². The normalized spacial score (nSPS) is 15.1. The maximum absolute atomic E-state index is 12.9. The third-order valence-corrected chi connectivity index (χ3v) is 7.30. The summed E-state index contributed by atoms with van der Waals surface area (Å²) in [5, 5.41) is 17.8. The summed E-state index contributed by atoms with van der Waals surface area (Å²) in [4.78, 5) is 14.6. The van der Waals surface area contributed by atoms with Gasteiger partial charge in [-0.2, -0.15) is 5.21 Å². The van der Waals surface area contributed by atoms with Crippen LogP contribution >= 0.6 is 23.1 Å². The second kappa shape index (κ2) is 8.26. The van der Waals surface area contributed by atoms with Crippen molar-refractivity contribution >= 4 is 45.0 Å². The molecule has 2 N–H and O–H groups in total. The number of ether oxygens (including phenoxy) is 1. The first-order valence-electron chi connectivity index (χ1n) is 9.15. The molecule has 9 heteroatoms. The Kier molecular flexibility index (Phi) is 5.58. The number of aromatic amines is 1. The van der Waals surface area contributed by atoms with E-state index in [9.17, 15) is 4.79 Å². The first kappa shape index (κ1) is 18.2. The number of aromatic nitrogens is 4. The summed E-state index contributed by atoms with van der Waals surface area (Å²) in [7, 11) is 0. The summed E-state index contributed by atoms with van der Waals surface area (Å²) in [5.74, 6) is 0.813. The van der Waals surface area contributed by atoms with Gasteiger partial charge < -0.3 is 4.74 Å². The van der Waals surface area contributed by atoms with Gasteiger partial charge >= 0.3 is 0 Å². The zero-order chi connectivity index (χ0) is 18.6. The van der Waals surface area contributed by atoms with Crippen LogP contribution in [0.1, 0.15) is 48.7 Å². The van der Waals surface area contributed by atoms with E-state index in [1.165, 1.54) is 43.4 Å². The highest BCUT2D eigenvalue weighted by atomic mass is 32.2. The number of carbonyl (C=O) groups excluding carboxylic acids is 1. The van der Waals surface area contributed by atoms with Crippen molar-refractivity contribution in [3.8, 4) is 5.75 Å². The number of hydrogen-bond donors (Lipinski definition) is 2. The second-order valence-corrected chi connectivity index (χ2v) is 8.78. The Hall–Kier alpha value is -2.13. The van der Waals surface area contributed by atoms with Gasteiger partial charge in [-0.05, 0) is 43.2 Å². The van der Waals surface area contributed by atoms with Crippen LogP contribution in [0.25, 0.3) is 10.1 Å². The molecule has 0 atom stereocenters. The molecule has 1 saturated carbocycles. The lowest BCUT2D eigenvalue weighted by Gasteiger charge is -2.21. The van der Waals surface area contributed by atoms with Gasteiger partial charge in [-0.25, -0.2) is 0 Å². The maximum Gasteiger partial charge on any atom is 0.270 e. The van der Waals surface area contributed by atoms with Crippen LogP contribution in [0.4, 0.5) is 5.95 Å². The Morgan fingerprint density at radius 3 is 2.96 bits per heavy atom. The molecule has 3 aromatic rings. The summed E-state index contributed by atoms with van der Waals surface area (Å²) in [6.45, 7) is 2.59. The largest absolute Gasteiger partial charge is 0.494 e. The molecular formula is C18H21N5O2S2. The fraction of sp³-hybridized carbons (Fsp3) is 0.444. The van der Waals surface area contributed by atoms with Gasteiger partial charge in [-0.15, -0.1) is 28.2 Å². The van der Waals surface area contributed by atoms with Gasteiger partial charge in [-0.3, -0.25) is 10.1 Å². The average Bonchev–Trinajstić information content (AvgIpc) is 3.31. The predicted octanol–water partition coefficient (Wildman–Crippen LogP) is 4.49. The number of amides is 1. The molecule has 0 spiro atoms. The number of tetrazole rings is 1. The van der Waals surface area contributed by atoms with Gasteiger partial charge in [0.05, 0.1) is 6.61 Å². The number of nitrogens with one attached hydrogen (secondary N) is 2. The molecular weight excluding hydrogens is 382 g/mol. The number of rotatable bonds is 6. The lowest BCUT2D eigenvalue weighted by Crippen LogP contribution is -2.13. The van der Waals surface area contributed by atoms with Crippen LogP contribution in [0.2, 0.25) is 0 Å². The molecule has 7 nitrogen and oxygen atoms in total. The number of anilines is 1. The molecule has 27 heavy (non-hydrogen) atoms. The fourth-order valence-corrected chi connectivity index (χ4v) is 6.01. The minimum Gasteiger partial charge on any atom is -0.494 e. The second-order valence-electron chi connectivity index (χ2n) is 6.42. The third kappa shape index (κ3) is 4.08. The first-order chi connectivity index (χ1) is 13.2. The summed E-state index contributed by atoms with van der Waals surface area (Å²) in [6, 6.07) is 6.03. The molecule has 0 unspecified atom stereocenters. The maximum atomic E-state index is 12.9. The van der Waals surface area contributed by atoms with E-state index in [1.807, 2.05) is 36.9 Å². The monoisotopic (exact) mass is 403 g/mol. The topological polar surface area (TPSA) is 92.8 Å². The predicted molar refractivity (Wildman–Crippen MR) is 108 cm³/mol. The molecule has 0 bridgehead atoms. The van der Waals surface area contributed by atoms with Crippen molar-refractivity contribution in [3.05, 3.63) is 23.1 Å². The summed E-state index contributed by atoms with van der Waals surface area (Å²) < 4.78 is 6.76. The van der Waals surface area contributed by atoms with Gasteiger partial charge in [-0.1, -0.05) is 24.4 Å². The number of H-pyrrole nitrogens is 1. The van der Waals surface area contributed by atoms with Crippen LogP contribution < -0.4 is 10.1 Å². The Morgan fingerprint density at radius 2 is 2.22 bits per heavy atom. The lowest BCUT2D eigenvalue weighted by atomic mass is 10.0. The number of fused-ring (bicyclic) bond motifs is 1. The molecule has 0 radical (unpaired) electrons. The van der Waals surface area contributed by atoms with Crippen molar-refractivity contribution in [3.63, 3.8) is 0 Å². The zero-order valence-corrected chi connectivity index (χ0v) is 16.7. The van der Waals surface area contributed by atoms with E-state index in [4.69, 9.17) is 4.74 Å². The van der Waals surface area contributed by atoms with E-state index < -0.39 is 0 Å². The Morgan fingerprint density at radius 1 is 1.37 bits per heavy atom. The smallest absolute Gasteiger partial charge is 0.270 e. The van der Waals surface area contributed by atoms with E-state index in [-0.39, 0.29) is 11.9 Å². The minimum absolute atomic E-state index is 0.182. The molecule has 2 aromatic heterocycles. The molecule has 0 saturated heterocycles. The van der Waals surface area contributed by atoms with Crippen molar-refractivity contribution < 1.29 is 9.53 Å². The van der Waals surface area contributed by atoms with E-state index in [0.717, 1.165) is 20.7 Å². The van der Waals surface area contributed by atoms with Crippen LogP contribution in [0.5, 0.6) is 5.75 Å². The van der Waals surface area contributed by atoms with Crippen LogP contribution in [0, 0.1) is 0 Å². The van der Waals surface area contributed by atoms with Gasteiger partial charge in [0.1, 0.15) is 10.6 Å². The number of carbonyl (C=O) groups is 1. The van der Waals surface area contributed by atoms with Crippen molar-refractivity contribution in [2.24, 2.45) is 0 Å². The standard InChI is InChI=1S/C18H21N5O2S2/c1-2-25-11-8-9-14-13(10-11)15(26-12-6-4-3-5-7-12)16(27-14)17(24)19-18-20-22-23-21-18/h8-10,12H,2-7H2,1H3,(H2,19,20,21,22,23,24). The molecule has 1 aliphatic rings. The molecule has 142 valence electrons. The van der Waals surface area contributed by atoms with Crippen molar-refractivity contribution in [2.75, 3.05) is 11.9 Å². The van der Waals surface area contributed by atoms with E-state index >= 15 is 0 Å². The summed E-state index contributed by atoms with van der Waals surface area (Å²) >= 11 is 3.32. The molecule has 1 fully saturated rings. The molecule has 2 heterocycles. The number of thiophene rings is 1. The molecule has 1 aromatic carbocycles. The average molecular weight is 404 g/mol. The Bertz CT molecular complexity index is 919. The van der Waals surface area contributed by atoms with E-state index in [2.05, 4.69) is 25.9 Å². The Balaban J connectivity index is 1.71. The van der Waals surface area contributed by atoms with Gasteiger partial charge in [0, 0.05) is 20.2 Å². The van der Waals surface area contributed by atoms with E-state index in [0.29, 0.717) is 16.7 Å². The SMILES string of the molecule is CCOc1ccc2sc(C(=O)Nc3nn[nH]n3)c(SC3CCCCC3)c2c1. The quantitative estimate of drug-likeness (QED) is 0.630. The fourth-order valence-electron chi connectivity index (χ4n) is 3.30.